The SMILES string of the molecule is CC(=O)NC1C(O)[C@@H](OP(=O)(O)OP(=O)(O)OC[C@@H]2CC[C@H](n3cc(C)c(=O)[nH]c3=O)O2)OC(C)[C@H]1O. The van der Waals surface area contributed by atoms with Crippen molar-refractivity contribution in [2.45, 2.75) is 76.6 Å². The first-order valence-electron chi connectivity index (χ1n) is 11.0. The molecule has 37 heavy (non-hydrogen) atoms. The zero-order valence-electron chi connectivity index (χ0n) is 20.0. The Bertz CT molecular complexity index is 1200. The van der Waals surface area contributed by atoms with Gasteiger partial charge in [0.1, 0.15) is 18.4 Å². The van der Waals surface area contributed by atoms with Crippen LogP contribution in [0.25, 0.3) is 0 Å². The van der Waals surface area contributed by atoms with Crippen molar-refractivity contribution in [1.82, 2.24) is 14.9 Å². The van der Waals surface area contributed by atoms with Crippen LogP contribution in [0.5, 0.6) is 0 Å². The summed E-state index contributed by atoms with van der Waals surface area (Å²) in [6.07, 6.45) is -5.95. The number of H-pyrrole nitrogens is 1. The van der Waals surface area contributed by atoms with E-state index >= 15 is 0 Å². The molecular weight excluding hydrogens is 544 g/mol. The van der Waals surface area contributed by atoms with E-state index < -0.39 is 82.4 Å². The number of ether oxygens (including phenoxy) is 2. The van der Waals surface area contributed by atoms with E-state index in [9.17, 15) is 43.5 Å². The lowest BCUT2D eigenvalue weighted by Crippen LogP contribution is -2.63. The number of nitrogens with zero attached hydrogens (tertiary/aromatic N) is 1. The van der Waals surface area contributed by atoms with Gasteiger partial charge in [-0.15, -0.1) is 0 Å². The molecule has 0 saturated carbocycles. The highest BCUT2D eigenvalue weighted by Gasteiger charge is 2.48. The summed E-state index contributed by atoms with van der Waals surface area (Å²) in [6.45, 7) is 3.38. The molecule has 2 saturated heterocycles. The van der Waals surface area contributed by atoms with E-state index in [0.29, 0.717) is 6.42 Å². The number of aliphatic hydroxyl groups excluding tert-OH is 2. The van der Waals surface area contributed by atoms with Crippen molar-refractivity contribution < 1.29 is 56.8 Å². The largest absolute Gasteiger partial charge is 0.483 e. The zero-order chi connectivity index (χ0) is 27.7. The summed E-state index contributed by atoms with van der Waals surface area (Å²) in [6, 6.07) is -1.34. The van der Waals surface area contributed by atoms with Crippen molar-refractivity contribution in [3.63, 3.8) is 0 Å². The fourth-order valence-electron chi connectivity index (χ4n) is 3.82. The smallest absolute Gasteiger partial charge is 0.388 e. The molecule has 0 radical (unpaired) electrons. The summed E-state index contributed by atoms with van der Waals surface area (Å²) in [7, 11) is -10.6. The highest BCUT2D eigenvalue weighted by Crippen LogP contribution is 2.61. The van der Waals surface area contributed by atoms with Gasteiger partial charge in [-0.05, 0) is 26.7 Å². The number of carbonyl (C=O) groups excluding carboxylic acids is 1. The van der Waals surface area contributed by atoms with E-state index in [1.807, 2.05) is 0 Å². The van der Waals surface area contributed by atoms with E-state index in [1.54, 1.807) is 0 Å². The summed E-state index contributed by atoms with van der Waals surface area (Å²) in [5, 5.41) is 22.7. The Labute approximate surface area is 209 Å². The molecule has 0 bridgehead atoms. The lowest BCUT2D eigenvalue weighted by Gasteiger charge is -2.41. The summed E-state index contributed by atoms with van der Waals surface area (Å²) in [5.41, 5.74) is -0.976. The highest BCUT2D eigenvalue weighted by atomic mass is 31.3. The molecule has 3 rings (SSSR count). The number of amides is 1. The van der Waals surface area contributed by atoms with Crippen LogP contribution in [0.2, 0.25) is 0 Å². The quantitative estimate of drug-likeness (QED) is 0.189. The van der Waals surface area contributed by atoms with Gasteiger partial charge >= 0.3 is 21.3 Å². The normalized spacial score (nSPS) is 33.4. The van der Waals surface area contributed by atoms with E-state index in [0.717, 1.165) is 11.5 Å². The molecule has 210 valence electrons. The van der Waals surface area contributed by atoms with Gasteiger partial charge in [-0.3, -0.25) is 28.2 Å². The average molecular weight is 573 g/mol. The minimum absolute atomic E-state index is 0.272. The van der Waals surface area contributed by atoms with E-state index in [2.05, 4.69) is 19.1 Å². The molecule has 9 atom stereocenters. The Morgan fingerprint density at radius 3 is 2.51 bits per heavy atom. The molecule has 0 spiro atoms. The van der Waals surface area contributed by atoms with Crippen LogP contribution in [0.15, 0.2) is 15.8 Å². The maximum Gasteiger partial charge on any atom is 0.483 e. The van der Waals surface area contributed by atoms with Gasteiger partial charge in [-0.25, -0.2) is 13.9 Å². The minimum atomic E-state index is -5.40. The summed E-state index contributed by atoms with van der Waals surface area (Å²) in [5.74, 6) is -0.621. The molecule has 3 heterocycles. The fraction of sp³-hybridized carbons (Fsp3) is 0.722. The number of aliphatic hydroxyl groups is 2. The third-order valence-corrected chi connectivity index (χ3v) is 8.22. The molecule has 2 aliphatic heterocycles. The van der Waals surface area contributed by atoms with Crippen LogP contribution in [-0.4, -0.2) is 78.8 Å². The second kappa shape index (κ2) is 11.6. The van der Waals surface area contributed by atoms with Crippen LogP contribution in [0.1, 0.15) is 38.5 Å². The van der Waals surface area contributed by atoms with Gasteiger partial charge in [0.25, 0.3) is 5.56 Å². The van der Waals surface area contributed by atoms with Crippen molar-refractivity contribution in [2.75, 3.05) is 6.61 Å². The van der Waals surface area contributed by atoms with Crippen molar-refractivity contribution >= 4 is 21.6 Å². The van der Waals surface area contributed by atoms with Crippen molar-refractivity contribution in [3.05, 3.63) is 32.6 Å². The van der Waals surface area contributed by atoms with E-state index in [4.69, 9.17) is 14.0 Å². The number of phosphoric ester groups is 2. The Hall–Kier alpha value is -1.75. The molecule has 0 aliphatic carbocycles. The minimum Gasteiger partial charge on any atom is -0.388 e. The summed E-state index contributed by atoms with van der Waals surface area (Å²) < 4.78 is 50.2. The Kier molecular flexibility index (Phi) is 9.31. The molecule has 19 heteroatoms. The molecule has 1 aromatic heterocycles. The molecular formula is C18H29N3O14P2. The number of hydrogen-bond acceptors (Lipinski definition) is 12. The van der Waals surface area contributed by atoms with Gasteiger partial charge in [-0.2, -0.15) is 4.31 Å². The number of carbonyl (C=O) groups is 1. The Morgan fingerprint density at radius 1 is 1.19 bits per heavy atom. The Morgan fingerprint density at radius 2 is 1.86 bits per heavy atom. The molecule has 1 aromatic rings. The maximum absolute atomic E-state index is 12.4. The van der Waals surface area contributed by atoms with E-state index in [1.165, 1.54) is 20.0 Å². The first-order valence-corrected chi connectivity index (χ1v) is 14.0. The second-order valence-electron chi connectivity index (χ2n) is 8.61. The number of nitrogens with one attached hydrogen (secondary N) is 2. The van der Waals surface area contributed by atoms with Gasteiger partial charge in [0, 0.05) is 18.7 Å². The number of rotatable bonds is 9. The first kappa shape index (κ1) is 29.8. The van der Waals surface area contributed by atoms with Gasteiger partial charge in [-0.1, -0.05) is 0 Å². The summed E-state index contributed by atoms with van der Waals surface area (Å²) in [4.78, 5) is 56.9. The molecule has 1 amide bonds. The van der Waals surface area contributed by atoms with E-state index in [-0.39, 0.29) is 12.0 Å². The van der Waals surface area contributed by atoms with Gasteiger partial charge in [0.05, 0.1) is 24.9 Å². The van der Waals surface area contributed by atoms with Crippen molar-refractivity contribution in [1.29, 1.82) is 0 Å². The lowest BCUT2D eigenvalue weighted by atomic mass is 9.97. The van der Waals surface area contributed by atoms with Gasteiger partial charge < -0.3 is 34.8 Å². The zero-order valence-corrected chi connectivity index (χ0v) is 21.7. The maximum atomic E-state index is 12.4. The monoisotopic (exact) mass is 573 g/mol. The predicted octanol–water partition coefficient (Wildman–Crippen LogP) is -1.26. The molecule has 2 fully saturated rings. The van der Waals surface area contributed by atoms with Crippen molar-refractivity contribution in [2.24, 2.45) is 0 Å². The third kappa shape index (κ3) is 7.65. The highest BCUT2D eigenvalue weighted by molar-refractivity contribution is 7.61. The molecule has 0 aromatic carbocycles. The van der Waals surface area contributed by atoms with Crippen LogP contribution in [-0.2, 0) is 36.8 Å². The third-order valence-electron chi connectivity index (χ3n) is 5.62. The molecule has 6 N–H and O–H groups in total. The van der Waals surface area contributed by atoms with Crippen LogP contribution in [0.3, 0.4) is 0 Å². The average Bonchev–Trinajstić information content (AvgIpc) is 3.24. The number of aromatic nitrogens is 2. The number of aryl methyl sites for hydroxylation is 1. The fourth-order valence-corrected chi connectivity index (χ4v) is 6.00. The van der Waals surface area contributed by atoms with Crippen LogP contribution >= 0.6 is 15.6 Å². The number of hydrogen-bond donors (Lipinski definition) is 6. The van der Waals surface area contributed by atoms with Crippen LogP contribution in [0, 0.1) is 6.92 Å². The topological polar surface area (TPSA) is 245 Å². The molecule has 17 nitrogen and oxygen atoms in total. The van der Waals surface area contributed by atoms with Gasteiger partial charge in [0.15, 0.2) is 6.29 Å². The predicted molar refractivity (Wildman–Crippen MR) is 121 cm³/mol. The summed E-state index contributed by atoms with van der Waals surface area (Å²) >= 11 is 0. The number of aromatic amines is 1. The standard InChI is InChI=1S/C18H29N3O14P2/c1-8-6-21(18(26)20-16(8)25)12-5-4-11(33-12)7-31-36(27,28)35-37(29,30)34-17-15(24)13(19-10(3)22)14(23)9(2)32-17/h6,9,11-15,17,23-24H,4-5,7H2,1-3H3,(H,19,22)(H,27,28)(H,29,30)(H,20,25,26)/t9?,11-,12+,13?,14+,15?,17+/m0/s1. The van der Waals surface area contributed by atoms with Crippen LogP contribution in [0.4, 0.5) is 0 Å². The molecule has 2 aliphatic rings. The van der Waals surface area contributed by atoms with Crippen LogP contribution < -0.4 is 16.6 Å². The Balaban J connectivity index is 1.57. The lowest BCUT2D eigenvalue weighted by molar-refractivity contribution is -0.244. The second-order valence-corrected chi connectivity index (χ2v) is 11.6. The number of phosphoric acid groups is 2. The van der Waals surface area contributed by atoms with Crippen molar-refractivity contribution in [3.8, 4) is 0 Å². The van der Waals surface area contributed by atoms with Gasteiger partial charge in [0.2, 0.25) is 5.91 Å². The first-order chi connectivity index (χ1) is 17.1. The molecule has 5 unspecified atom stereocenters.